The number of hydrogen-bond acceptors (Lipinski definition) is 1. The Balaban J connectivity index is 2.67. The van der Waals surface area contributed by atoms with Crippen molar-refractivity contribution in [2.24, 2.45) is 5.92 Å². The second-order valence-electron chi connectivity index (χ2n) is 4.45. The molecule has 2 unspecified atom stereocenters. The van der Waals surface area contributed by atoms with Crippen LogP contribution in [0.3, 0.4) is 0 Å². The number of aliphatic hydroxyl groups is 1. The van der Waals surface area contributed by atoms with E-state index >= 15 is 0 Å². The Hall–Kier alpha value is -0.300. The van der Waals surface area contributed by atoms with Crippen LogP contribution in [0, 0.1) is 5.92 Å². The summed E-state index contributed by atoms with van der Waals surface area (Å²) in [4.78, 5) is 0. The highest BCUT2D eigenvalue weighted by molar-refractivity contribution is 5.04. The standard InChI is InChI=1S/C11H20O/c1-9(2)8-10-6-4-5-7-11(10,3)12/h8,10,12H,4-7H2,1-3H3. The predicted molar refractivity (Wildman–Crippen MR) is 52.0 cm³/mol. The molecule has 12 heavy (non-hydrogen) atoms. The first-order valence-electron chi connectivity index (χ1n) is 4.90. The summed E-state index contributed by atoms with van der Waals surface area (Å²) in [6.45, 7) is 6.17. The molecule has 0 bridgehead atoms. The van der Waals surface area contributed by atoms with Gasteiger partial charge in [-0.3, -0.25) is 0 Å². The van der Waals surface area contributed by atoms with Crippen LogP contribution >= 0.6 is 0 Å². The van der Waals surface area contributed by atoms with E-state index in [9.17, 15) is 5.11 Å². The molecule has 0 spiro atoms. The lowest BCUT2D eigenvalue weighted by molar-refractivity contribution is -0.0125. The van der Waals surface area contributed by atoms with E-state index in [2.05, 4.69) is 19.9 Å². The van der Waals surface area contributed by atoms with Gasteiger partial charge in [-0.2, -0.15) is 0 Å². The van der Waals surface area contributed by atoms with E-state index < -0.39 is 5.60 Å². The van der Waals surface area contributed by atoms with Crippen LogP contribution in [-0.4, -0.2) is 10.7 Å². The summed E-state index contributed by atoms with van der Waals surface area (Å²) in [5, 5.41) is 10.0. The van der Waals surface area contributed by atoms with Crippen LogP contribution in [0.1, 0.15) is 46.5 Å². The van der Waals surface area contributed by atoms with E-state index in [0.29, 0.717) is 5.92 Å². The van der Waals surface area contributed by atoms with Crippen LogP contribution in [0.5, 0.6) is 0 Å². The summed E-state index contributed by atoms with van der Waals surface area (Å²) in [5.74, 6) is 0.385. The summed E-state index contributed by atoms with van der Waals surface area (Å²) >= 11 is 0. The molecule has 1 aliphatic rings. The molecule has 1 aliphatic carbocycles. The van der Waals surface area contributed by atoms with Gasteiger partial charge in [-0.15, -0.1) is 0 Å². The summed E-state index contributed by atoms with van der Waals surface area (Å²) in [5.41, 5.74) is 0.873. The third-order valence-corrected chi connectivity index (χ3v) is 2.78. The van der Waals surface area contributed by atoms with Crippen molar-refractivity contribution in [3.63, 3.8) is 0 Å². The molecule has 0 aromatic rings. The van der Waals surface area contributed by atoms with Gasteiger partial charge in [0.15, 0.2) is 0 Å². The summed E-state index contributed by atoms with van der Waals surface area (Å²) < 4.78 is 0. The highest BCUT2D eigenvalue weighted by atomic mass is 16.3. The highest BCUT2D eigenvalue weighted by Gasteiger charge is 2.32. The van der Waals surface area contributed by atoms with Gasteiger partial charge in [0.25, 0.3) is 0 Å². The number of rotatable bonds is 1. The SMILES string of the molecule is CC(C)=CC1CCCCC1(C)O. The second kappa shape index (κ2) is 3.61. The first kappa shape index (κ1) is 9.79. The molecule has 0 aliphatic heterocycles. The average molecular weight is 168 g/mol. The smallest absolute Gasteiger partial charge is 0.0682 e. The molecule has 0 heterocycles. The lowest BCUT2D eigenvalue weighted by Gasteiger charge is -2.35. The molecule has 1 nitrogen and oxygen atoms in total. The molecule has 1 saturated carbocycles. The van der Waals surface area contributed by atoms with Crippen molar-refractivity contribution in [1.82, 2.24) is 0 Å². The van der Waals surface area contributed by atoms with Crippen LogP contribution < -0.4 is 0 Å². The lowest BCUT2D eigenvalue weighted by Crippen LogP contribution is -2.36. The molecule has 1 N–H and O–H groups in total. The maximum atomic E-state index is 10.0. The molecular weight excluding hydrogens is 148 g/mol. The van der Waals surface area contributed by atoms with Gasteiger partial charge in [-0.25, -0.2) is 0 Å². The molecule has 70 valence electrons. The Kier molecular flexibility index (Phi) is 2.94. The summed E-state index contributed by atoms with van der Waals surface area (Å²) in [6, 6.07) is 0. The van der Waals surface area contributed by atoms with E-state index in [-0.39, 0.29) is 0 Å². The van der Waals surface area contributed by atoms with Gasteiger partial charge >= 0.3 is 0 Å². The van der Waals surface area contributed by atoms with Crippen LogP contribution in [0.2, 0.25) is 0 Å². The first-order valence-corrected chi connectivity index (χ1v) is 4.90. The van der Waals surface area contributed by atoms with Gasteiger partial charge in [0, 0.05) is 5.92 Å². The molecule has 1 fully saturated rings. The Morgan fingerprint density at radius 1 is 1.42 bits per heavy atom. The van der Waals surface area contributed by atoms with Crippen molar-refractivity contribution in [1.29, 1.82) is 0 Å². The average Bonchev–Trinajstić information content (AvgIpc) is 1.92. The highest BCUT2D eigenvalue weighted by Crippen LogP contribution is 2.34. The quantitative estimate of drug-likeness (QED) is 0.597. The van der Waals surface area contributed by atoms with Crippen LogP contribution in [0.15, 0.2) is 11.6 Å². The molecule has 0 aromatic heterocycles. The zero-order chi connectivity index (χ0) is 9.19. The van der Waals surface area contributed by atoms with Gasteiger partial charge < -0.3 is 5.11 Å². The van der Waals surface area contributed by atoms with E-state index in [1.165, 1.54) is 18.4 Å². The van der Waals surface area contributed by atoms with Crippen LogP contribution in [0.4, 0.5) is 0 Å². The molecule has 2 atom stereocenters. The van der Waals surface area contributed by atoms with Crippen molar-refractivity contribution in [2.75, 3.05) is 0 Å². The maximum Gasteiger partial charge on any atom is 0.0682 e. The summed E-state index contributed by atoms with van der Waals surface area (Å²) in [7, 11) is 0. The maximum absolute atomic E-state index is 10.0. The fourth-order valence-electron chi connectivity index (χ4n) is 2.01. The second-order valence-corrected chi connectivity index (χ2v) is 4.45. The van der Waals surface area contributed by atoms with Crippen LogP contribution in [0.25, 0.3) is 0 Å². The first-order chi connectivity index (χ1) is 5.52. The minimum Gasteiger partial charge on any atom is -0.390 e. The molecule has 1 rings (SSSR count). The van der Waals surface area contributed by atoms with Gasteiger partial charge in [0.05, 0.1) is 5.60 Å². The molecule has 0 aromatic carbocycles. The van der Waals surface area contributed by atoms with E-state index in [1.54, 1.807) is 0 Å². The fraction of sp³-hybridized carbons (Fsp3) is 0.818. The molecular formula is C11H20O. The third kappa shape index (κ3) is 2.34. The Bertz CT molecular complexity index is 175. The van der Waals surface area contributed by atoms with E-state index in [1.807, 2.05) is 6.92 Å². The topological polar surface area (TPSA) is 20.2 Å². The van der Waals surface area contributed by atoms with Crippen molar-refractivity contribution >= 4 is 0 Å². The Morgan fingerprint density at radius 2 is 2.08 bits per heavy atom. The van der Waals surface area contributed by atoms with Crippen LogP contribution in [-0.2, 0) is 0 Å². The minimum atomic E-state index is -0.449. The zero-order valence-electron chi connectivity index (χ0n) is 8.43. The molecule has 1 heteroatoms. The van der Waals surface area contributed by atoms with Gasteiger partial charge in [-0.05, 0) is 33.6 Å². The van der Waals surface area contributed by atoms with E-state index in [4.69, 9.17) is 0 Å². The molecule has 0 saturated heterocycles. The normalized spacial score (nSPS) is 36.2. The Labute approximate surface area is 75.5 Å². The van der Waals surface area contributed by atoms with Crippen molar-refractivity contribution < 1.29 is 5.11 Å². The molecule has 0 radical (unpaired) electrons. The van der Waals surface area contributed by atoms with Crippen molar-refractivity contribution in [3.8, 4) is 0 Å². The predicted octanol–water partition coefficient (Wildman–Crippen LogP) is 2.89. The van der Waals surface area contributed by atoms with Gasteiger partial charge in [0.2, 0.25) is 0 Å². The molecule has 0 amide bonds. The monoisotopic (exact) mass is 168 g/mol. The largest absolute Gasteiger partial charge is 0.390 e. The van der Waals surface area contributed by atoms with Gasteiger partial charge in [-0.1, -0.05) is 24.5 Å². The zero-order valence-corrected chi connectivity index (χ0v) is 8.43. The number of hydrogen-bond donors (Lipinski definition) is 1. The fourth-order valence-corrected chi connectivity index (χ4v) is 2.01. The van der Waals surface area contributed by atoms with Gasteiger partial charge in [0.1, 0.15) is 0 Å². The lowest BCUT2D eigenvalue weighted by atomic mass is 9.76. The Morgan fingerprint density at radius 3 is 2.58 bits per heavy atom. The van der Waals surface area contributed by atoms with Crippen molar-refractivity contribution in [2.45, 2.75) is 52.1 Å². The third-order valence-electron chi connectivity index (χ3n) is 2.78. The summed E-state index contributed by atoms with van der Waals surface area (Å²) in [6.07, 6.45) is 6.78. The van der Waals surface area contributed by atoms with Crippen molar-refractivity contribution in [3.05, 3.63) is 11.6 Å². The van der Waals surface area contributed by atoms with E-state index in [0.717, 1.165) is 12.8 Å². The number of allylic oxidation sites excluding steroid dienone is 1. The minimum absolute atomic E-state index is 0.385.